The molecule has 0 radical (unpaired) electrons. The fraction of sp³-hybridized carbons (Fsp3) is 0.579. The topological polar surface area (TPSA) is 84.0 Å². The van der Waals surface area contributed by atoms with E-state index in [9.17, 15) is 31.2 Å². The number of carbonyl (C=O) groups excluding carboxylic acids is 2. The Hall–Kier alpha value is -2.30. The first kappa shape index (κ1) is 22.4. The molecule has 166 valence electrons. The van der Waals surface area contributed by atoms with Crippen molar-refractivity contribution in [2.75, 3.05) is 23.7 Å². The Kier molecular flexibility index (Phi) is 5.78. The van der Waals surface area contributed by atoms with Gasteiger partial charge in [0.25, 0.3) is 0 Å². The summed E-state index contributed by atoms with van der Waals surface area (Å²) >= 11 is 0. The zero-order valence-electron chi connectivity index (χ0n) is 16.6. The van der Waals surface area contributed by atoms with Crippen LogP contribution < -0.4 is 9.64 Å². The first-order valence-corrected chi connectivity index (χ1v) is 11.1. The van der Waals surface area contributed by atoms with Crippen LogP contribution in [0.15, 0.2) is 24.3 Å². The Balaban J connectivity index is 1.72. The van der Waals surface area contributed by atoms with E-state index in [1.54, 1.807) is 13.8 Å². The van der Waals surface area contributed by atoms with Crippen molar-refractivity contribution in [1.82, 2.24) is 4.31 Å². The van der Waals surface area contributed by atoms with Gasteiger partial charge in [-0.05, 0) is 43.0 Å². The molecule has 0 bridgehead atoms. The van der Waals surface area contributed by atoms with Gasteiger partial charge in [-0.15, -0.1) is 13.2 Å². The number of alkyl halides is 3. The van der Waals surface area contributed by atoms with Gasteiger partial charge < -0.3 is 9.64 Å². The van der Waals surface area contributed by atoms with E-state index >= 15 is 0 Å². The minimum absolute atomic E-state index is 0.0498. The lowest BCUT2D eigenvalue weighted by molar-refractivity contribution is -0.274. The van der Waals surface area contributed by atoms with Gasteiger partial charge in [-0.2, -0.15) is 0 Å². The Bertz CT molecular complexity index is 930. The first-order valence-electron chi connectivity index (χ1n) is 9.54. The molecule has 1 atom stereocenters. The standard InChI is InChI=1S/C19H23F3N2O5S/c1-13(2)12-30(27,28)24-10-8-18(11-16(24)25)7-9-23(17(18)26)14-3-5-15(6-4-14)29-19(20,21)22/h3-6,13H,7-12H2,1-2H3. The second-order valence-corrected chi connectivity index (χ2v) is 10.0. The van der Waals surface area contributed by atoms with E-state index in [1.807, 2.05) is 0 Å². The van der Waals surface area contributed by atoms with Crippen molar-refractivity contribution in [3.63, 3.8) is 0 Å². The van der Waals surface area contributed by atoms with Crippen molar-refractivity contribution in [3.05, 3.63) is 24.3 Å². The quantitative estimate of drug-likeness (QED) is 0.692. The summed E-state index contributed by atoms with van der Waals surface area (Å²) in [6, 6.07) is 4.94. The van der Waals surface area contributed by atoms with Crippen LogP contribution in [-0.2, 0) is 19.6 Å². The van der Waals surface area contributed by atoms with Crippen molar-refractivity contribution in [2.45, 2.75) is 39.5 Å². The lowest BCUT2D eigenvalue weighted by Crippen LogP contribution is -2.50. The molecule has 2 heterocycles. The number of rotatable bonds is 5. The fourth-order valence-electron chi connectivity index (χ4n) is 4.00. The molecule has 2 saturated heterocycles. The molecule has 1 aromatic carbocycles. The van der Waals surface area contributed by atoms with Crippen LogP contribution in [0.4, 0.5) is 18.9 Å². The predicted molar refractivity (Wildman–Crippen MR) is 102 cm³/mol. The highest BCUT2D eigenvalue weighted by Gasteiger charge is 2.52. The van der Waals surface area contributed by atoms with Gasteiger partial charge in [0.15, 0.2) is 0 Å². The van der Waals surface area contributed by atoms with E-state index in [2.05, 4.69) is 4.74 Å². The molecule has 1 aromatic rings. The number of anilines is 1. The van der Waals surface area contributed by atoms with Crippen LogP contribution in [0.25, 0.3) is 0 Å². The molecule has 0 aliphatic carbocycles. The van der Waals surface area contributed by atoms with Crippen molar-refractivity contribution in [3.8, 4) is 5.75 Å². The molecule has 0 saturated carbocycles. The van der Waals surface area contributed by atoms with Crippen LogP contribution in [0, 0.1) is 11.3 Å². The molecule has 3 rings (SSSR count). The summed E-state index contributed by atoms with van der Waals surface area (Å²) < 4.78 is 66.5. The highest BCUT2D eigenvalue weighted by Crippen LogP contribution is 2.44. The number of piperidine rings is 1. The fourth-order valence-corrected chi connectivity index (χ4v) is 5.77. The average Bonchev–Trinajstić information content (AvgIpc) is 2.89. The number of benzene rings is 1. The molecule has 7 nitrogen and oxygen atoms in total. The Labute approximate surface area is 172 Å². The molecular formula is C19H23F3N2O5S. The second-order valence-electron chi connectivity index (χ2n) is 8.09. The van der Waals surface area contributed by atoms with Gasteiger partial charge in [0.05, 0.1) is 11.2 Å². The third kappa shape index (κ3) is 4.55. The van der Waals surface area contributed by atoms with E-state index in [0.29, 0.717) is 18.7 Å². The molecule has 2 aliphatic rings. The van der Waals surface area contributed by atoms with Crippen LogP contribution in [-0.4, -0.2) is 49.7 Å². The number of ether oxygens (including phenoxy) is 1. The van der Waals surface area contributed by atoms with E-state index in [1.165, 1.54) is 17.0 Å². The van der Waals surface area contributed by atoms with Gasteiger partial charge >= 0.3 is 6.36 Å². The molecule has 30 heavy (non-hydrogen) atoms. The number of sulfonamides is 1. The maximum Gasteiger partial charge on any atom is 0.573 e. The molecule has 11 heteroatoms. The van der Waals surface area contributed by atoms with Crippen LogP contribution in [0.1, 0.15) is 33.1 Å². The zero-order chi connectivity index (χ0) is 22.3. The number of hydrogen-bond acceptors (Lipinski definition) is 5. The lowest BCUT2D eigenvalue weighted by atomic mass is 9.77. The van der Waals surface area contributed by atoms with Crippen molar-refractivity contribution < 1.29 is 35.9 Å². The van der Waals surface area contributed by atoms with Crippen molar-refractivity contribution in [2.24, 2.45) is 11.3 Å². The number of nitrogens with zero attached hydrogens (tertiary/aromatic N) is 2. The average molecular weight is 448 g/mol. The minimum atomic E-state index is -4.81. The monoisotopic (exact) mass is 448 g/mol. The van der Waals surface area contributed by atoms with E-state index < -0.39 is 33.5 Å². The molecule has 0 aromatic heterocycles. The Morgan fingerprint density at radius 2 is 1.70 bits per heavy atom. The van der Waals surface area contributed by atoms with Crippen molar-refractivity contribution in [1.29, 1.82) is 0 Å². The summed E-state index contributed by atoms with van der Waals surface area (Å²) in [4.78, 5) is 27.1. The minimum Gasteiger partial charge on any atom is -0.406 e. The van der Waals surface area contributed by atoms with E-state index in [-0.39, 0.29) is 37.0 Å². The Morgan fingerprint density at radius 1 is 1.10 bits per heavy atom. The maximum absolute atomic E-state index is 13.1. The zero-order valence-corrected chi connectivity index (χ0v) is 17.4. The third-order valence-corrected chi connectivity index (χ3v) is 7.48. The maximum atomic E-state index is 13.1. The first-order chi connectivity index (χ1) is 13.8. The smallest absolute Gasteiger partial charge is 0.406 e. The normalized spacial score (nSPS) is 23.0. The summed E-state index contributed by atoms with van der Waals surface area (Å²) in [7, 11) is -3.73. The molecular weight excluding hydrogens is 425 g/mol. The summed E-state index contributed by atoms with van der Waals surface area (Å²) in [5.74, 6) is -1.58. The van der Waals surface area contributed by atoms with Crippen LogP contribution in [0.5, 0.6) is 5.75 Å². The highest BCUT2D eigenvalue weighted by molar-refractivity contribution is 7.89. The second kappa shape index (κ2) is 7.75. The predicted octanol–water partition coefficient (Wildman–Crippen LogP) is 2.92. The van der Waals surface area contributed by atoms with Gasteiger partial charge in [-0.3, -0.25) is 9.59 Å². The molecule has 1 spiro atoms. The van der Waals surface area contributed by atoms with Gasteiger partial charge in [-0.1, -0.05) is 13.8 Å². The highest BCUT2D eigenvalue weighted by atomic mass is 32.2. The molecule has 2 fully saturated rings. The van der Waals surface area contributed by atoms with Gasteiger partial charge in [-0.25, -0.2) is 12.7 Å². The summed E-state index contributed by atoms with van der Waals surface area (Å²) in [6.07, 6.45) is -4.41. The molecule has 0 N–H and O–H groups in total. The Morgan fingerprint density at radius 3 is 2.23 bits per heavy atom. The van der Waals surface area contributed by atoms with Gasteiger partial charge in [0.2, 0.25) is 21.8 Å². The van der Waals surface area contributed by atoms with Crippen LogP contribution in [0.3, 0.4) is 0 Å². The number of amides is 2. The van der Waals surface area contributed by atoms with Gasteiger partial charge in [0.1, 0.15) is 5.75 Å². The van der Waals surface area contributed by atoms with Crippen LogP contribution >= 0.6 is 0 Å². The summed E-state index contributed by atoms with van der Waals surface area (Å²) in [5.41, 5.74) is -0.587. The molecule has 1 unspecified atom stereocenters. The van der Waals surface area contributed by atoms with E-state index in [0.717, 1.165) is 16.4 Å². The largest absolute Gasteiger partial charge is 0.573 e. The third-order valence-electron chi connectivity index (χ3n) is 5.34. The number of hydrogen-bond donors (Lipinski definition) is 0. The van der Waals surface area contributed by atoms with Crippen molar-refractivity contribution >= 4 is 27.5 Å². The van der Waals surface area contributed by atoms with E-state index in [4.69, 9.17) is 0 Å². The molecule has 2 amide bonds. The summed E-state index contributed by atoms with van der Waals surface area (Å²) in [5, 5.41) is 0. The SMILES string of the molecule is CC(C)CS(=O)(=O)N1CCC2(CCN(c3ccc(OC(F)(F)F)cc3)C2=O)CC1=O. The molecule has 2 aliphatic heterocycles. The number of halogens is 3. The summed E-state index contributed by atoms with van der Waals surface area (Å²) in [6.45, 7) is 3.74. The van der Waals surface area contributed by atoms with Crippen LogP contribution in [0.2, 0.25) is 0 Å². The van der Waals surface area contributed by atoms with Gasteiger partial charge in [0, 0.05) is 25.2 Å². The number of carbonyl (C=O) groups is 2. The lowest BCUT2D eigenvalue weighted by Gasteiger charge is -2.37.